The number of nitrogens with zero attached hydrogens (tertiary/aromatic N) is 2. The third-order valence-corrected chi connectivity index (χ3v) is 3.06. The molecule has 1 fully saturated rings. The first-order valence-corrected chi connectivity index (χ1v) is 5.70. The molecule has 16 heavy (non-hydrogen) atoms. The van der Waals surface area contributed by atoms with Gasteiger partial charge in [-0.15, -0.1) is 6.42 Å². The summed E-state index contributed by atoms with van der Waals surface area (Å²) in [6.45, 7) is 1.07. The van der Waals surface area contributed by atoms with E-state index in [9.17, 15) is 0 Å². The van der Waals surface area contributed by atoms with Crippen LogP contribution in [0.5, 0.6) is 0 Å². The van der Waals surface area contributed by atoms with E-state index >= 15 is 0 Å². The molecule has 1 aromatic heterocycles. The van der Waals surface area contributed by atoms with Crippen molar-refractivity contribution in [3.63, 3.8) is 0 Å². The molecule has 1 N–H and O–H groups in total. The Morgan fingerprint density at radius 2 is 2.38 bits per heavy atom. The summed E-state index contributed by atoms with van der Waals surface area (Å²) in [6.07, 6.45) is 13.1. The lowest BCUT2D eigenvalue weighted by Crippen LogP contribution is -2.47. The van der Waals surface area contributed by atoms with E-state index in [-0.39, 0.29) is 0 Å². The fourth-order valence-corrected chi connectivity index (χ4v) is 2.20. The lowest BCUT2D eigenvalue weighted by Gasteiger charge is -2.37. The van der Waals surface area contributed by atoms with Crippen LogP contribution in [0.3, 0.4) is 0 Å². The van der Waals surface area contributed by atoms with Crippen LogP contribution >= 0.6 is 0 Å². The zero-order valence-corrected chi connectivity index (χ0v) is 9.61. The van der Waals surface area contributed by atoms with E-state index in [4.69, 9.17) is 6.42 Å². The molecule has 0 spiro atoms. The molecule has 1 unspecified atom stereocenters. The van der Waals surface area contributed by atoms with E-state index in [1.165, 1.54) is 19.3 Å². The second-order valence-corrected chi connectivity index (χ2v) is 4.07. The van der Waals surface area contributed by atoms with Gasteiger partial charge in [-0.3, -0.25) is 4.98 Å². The lowest BCUT2D eigenvalue weighted by atomic mass is 10.1. The summed E-state index contributed by atoms with van der Waals surface area (Å²) in [5.41, 5.74) is 1.97. The van der Waals surface area contributed by atoms with Crippen LogP contribution in [0.25, 0.3) is 0 Å². The summed E-state index contributed by atoms with van der Waals surface area (Å²) in [6, 6.07) is 2.03. The fourth-order valence-electron chi connectivity index (χ4n) is 2.20. The van der Waals surface area contributed by atoms with Crippen LogP contribution in [0.15, 0.2) is 18.5 Å². The van der Waals surface area contributed by atoms with Gasteiger partial charge in [-0.05, 0) is 32.4 Å². The molecule has 0 amide bonds. The Hall–Kier alpha value is -1.53. The first-order chi connectivity index (χ1) is 7.85. The van der Waals surface area contributed by atoms with Crippen molar-refractivity contribution in [2.75, 3.05) is 18.5 Å². The summed E-state index contributed by atoms with van der Waals surface area (Å²) in [4.78, 5) is 6.53. The monoisotopic (exact) mass is 215 g/mol. The predicted molar refractivity (Wildman–Crippen MR) is 66.2 cm³/mol. The Balaban J connectivity index is 2.24. The van der Waals surface area contributed by atoms with Gasteiger partial charge in [-0.1, -0.05) is 5.92 Å². The van der Waals surface area contributed by atoms with Gasteiger partial charge in [0, 0.05) is 18.3 Å². The van der Waals surface area contributed by atoms with Gasteiger partial charge < -0.3 is 10.2 Å². The van der Waals surface area contributed by atoms with Gasteiger partial charge in [0.1, 0.15) is 0 Å². The molecule has 0 radical (unpaired) electrons. The van der Waals surface area contributed by atoms with Crippen molar-refractivity contribution in [1.82, 2.24) is 10.3 Å². The van der Waals surface area contributed by atoms with Gasteiger partial charge in [0.15, 0.2) is 0 Å². The van der Waals surface area contributed by atoms with Crippen molar-refractivity contribution in [2.45, 2.75) is 25.4 Å². The van der Waals surface area contributed by atoms with Crippen LogP contribution in [0.2, 0.25) is 0 Å². The summed E-state index contributed by atoms with van der Waals surface area (Å²) in [7, 11) is 2.00. The maximum atomic E-state index is 5.39. The normalized spacial score (nSPS) is 20.5. The quantitative estimate of drug-likeness (QED) is 0.759. The van der Waals surface area contributed by atoms with Crippen LogP contribution < -0.4 is 10.2 Å². The SMILES string of the molecule is C#Cc1cncc(N2CCCCC2NC)c1. The van der Waals surface area contributed by atoms with Crippen molar-refractivity contribution in [2.24, 2.45) is 0 Å². The maximum absolute atomic E-state index is 5.39. The highest BCUT2D eigenvalue weighted by atomic mass is 15.3. The topological polar surface area (TPSA) is 28.2 Å². The van der Waals surface area contributed by atoms with E-state index in [0.717, 1.165) is 17.8 Å². The standard InChI is InChI=1S/C13H17N3/c1-3-11-8-12(10-15-9-11)16-7-5-4-6-13(16)14-2/h1,8-10,13-14H,4-7H2,2H3. The molecule has 2 heterocycles. The van der Waals surface area contributed by atoms with Gasteiger partial charge in [0.25, 0.3) is 0 Å². The van der Waals surface area contributed by atoms with Crippen molar-refractivity contribution >= 4 is 5.69 Å². The molecule has 0 saturated carbocycles. The Bertz CT molecular complexity index is 394. The van der Waals surface area contributed by atoms with E-state index in [1.807, 2.05) is 19.3 Å². The summed E-state index contributed by atoms with van der Waals surface area (Å²) in [5.74, 6) is 2.63. The van der Waals surface area contributed by atoms with Crippen LogP contribution in [0.1, 0.15) is 24.8 Å². The van der Waals surface area contributed by atoms with Crippen LogP contribution in [0, 0.1) is 12.3 Å². The molecule has 0 bridgehead atoms. The van der Waals surface area contributed by atoms with Crippen molar-refractivity contribution < 1.29 is 0 Å². The van der Waals surface area contributed by atoms with Gasteiger partial charge >= 0.3 is 0 Å². The number of hydrogen-bond donors (Lipinski definition) is 1. The van der Waals surface area contributed by atoms with Gasteiger partial charge in [0.2, 0.25) is 0 Å². The molecular weight excluding hydrogens is 198 g/mol. The smallest absolute Gasteiger partial charge is 0.0793 e. The zero-order valence-electron chi connectivity index (χ0n) is 9.61. The first-order valence-electron chi connectivity index (χ1n) is 5.70. The molecule has 3 heteroatoms. The molecule has 0 aliphatic carbocycles. The first kappa shape index (κ1) is 11.0. The Morgan fingerprint density at radius 1 is 1.50 bits per heavy atom. The van der Waals surface area contributed by atoms with Gasteiger partial charge in [-0.2, -0.15) is 0 Å². The minimum atomic E-state index is 0.406. The second kappa shape index (κ2) is 5.00. The number of pyridine rings is 1. The van der Waals surface area contributed by atoms with E-state index in [0.29, 0.717) is 6.17 Å². The largest absolute Gasteiger partial charge is 0.355 e. The minimum Gasteiger partial charge on any atom is -0.355 e. The van der Waals surface area contributed by atoms with E-state index < -0.39 is 0 Å². The highest BCUT2D eigenvalue weighted by molar-refractivity contribution is 5.50. The number of terminal acetylenes is 1. The molecule has 2 rings (SSSR count). The van der Waals surface area contributed by atoms with Gasteiger partial charge in [-0.25, -0.2) is 0 Å². The second-order valence-electron chi connectivity index (χ2n) is 4.07. The van der Waals surface area contributed by atoms with Crippen LogP contribution in [0.4, 0.5) is 5.69 Å². The molecule has 0 aromatic carbocycles. The third-order valence-electron chi connectivity index (χ3n) is 3.06. The van der Waals surface area contributed by atoms with E-state index in [1.54, 1.807) is 6.20 Å². The maximum Gasteiger partial charge on any atom is 0.0793 e. The number of anilines is 1. The number of hydrogen-bond acceptors (Lipinski definition) is 3. The minimum absolute atomic E-state index is 0.406. The summed E-state index contributed by atoms with van der Waals surface area (Å²) < 4.78 is 0. The highest BCUT2D eigenvalue weighted by Gasteiger charge is 2.21. The summed E-state index contributed by atoms with van der Waals surface area (Å²) in [5, 5.41) is 3.34. The number of rotatable bonds is 2. The van der Waals surface area contributed by atoms with Crippen molar-refractivity contribution in [3.05, 3.63) is 24.0 Å². The molecule has 1 aliphatic rings. The van der Waals surface area contributed by atoms with Crippen LogP contribution in [-0.2, 0) is 0 Å². The average molecular weight is 215 g/mol. The Labute approximate surface area is 96.9 Å². The molecule has 1 aliphatic heterocycles. The number of nitrogens with one attached hydrogen (secondary N) is 1. The molecule has 1 atom stereocenters. The molecule has 1 aromatic rings. The molecule has 84 valence electrons. The number of piperidine rings is 1. The molecule has 3 nitrogen and oxygen atoms in total. The van der Waals surface area contributed by atoms with Crippen LogP contribution in [-0.4, -0.2) is 24.7 Å². The lowest BCUT2D eigenvalue weighted by molar-refractivity contribution is 0.418. The molecule has 1 saturated heterocycles. The van der Waals surface area contributed by atoms with E-state index in [2.05, 4.69) is 21.1 Å². The van der Waals surface area contributed by atoms with Crippen molar-refractivity contribution in [1.29, 1.82) is 0 Å². The Kier molecular flexibility index (Phi) is 3.43. The molecular formula is C13H17N3. The summed E-state index contributed by atoms with van der Waals surface area (Å²) >= 11 is 0. The zero-order chi connectivity index (χ0) is 11.4. The van der Waals surface area contributed by atoms with Gasteiger partial charge in [0.05, 0.1) is 18.1 Å². The predicted octanol–water partition coefficient (Wildman–Crippen LogP) is 1.60. The number of aromatic nitrogens is 1. The Morgan fingerprint density at radius 3 is 3.12 bits per heavy atom. The third kappa shape index (κ3) is 2.17. The fraction of sp³-hybridized carbons (Fsp3) is 0.462. The van der Waals surface area contributed by atoms with Crippen molar-refractivity contribution in [3.8, 4) is 12.3 Å². The average Bonchev–Trinajstić information content (AvgIpc) is 2.38. The highest BCUT2D eigenvalue weighted by Crippen LogP contribution is 2.23.